The maximum absolute atomic E-state index is 6.70. The Balaban J connectivity index is 0.000000361. The van der Waals surface area contributed by atoms with Gasteiger partial charge >= 0.3 is 0 Å². The van der Waals surface area contributed by atoms with Gasteiger partial charge in [0.25, 0.3) is 0 Å². The van der Waals surface area contributed by atoms with Crippen LogP contribution in [0.4, 0.5) is 0 Å². The molecule has 38 heavy (non-hydrogen) atoms. The van der Waals surface area contributed by atoms with Gasteiger partial charge in [-0.05, 0) is 24.0 Å². The standard InChI is InChI=1S/2C12H19NO4P.2U/c2*1-9(2)12-8-14-10(7-15-12)11(12)17-18(4)16-6-5-13-3;;/h2*7,9-11H,5-6,8H2,1-2,4H3;;/q2*-1;;/t2*10-,11-,12+,18?;;/m00../s1. The molecule has 0 aromatic carbocycles. The van der Waals surface area contributed by atoms with E-state index >= 15 is 0 Å². The van der Waals surface area contributed by atoms with Crippen LogP contribution in [0.2, 0.25) is 0 Å². The molecule has 0 aromatic rings. The minimum absolute atomic E-state index is 0. The van der Waals surface area contributed by atoms with Gasteiger partial charge in [0.05, 0.1) is 36.6 Å². The van der Waals surface area contributed by atoms with Crippen LogP contribution in [-0.4, -0.2) is 88.5 Å². The van der Waals surface area contributed by atoms with Crippen LogP contribution >= 0.6 is 16.8 Å². The van der Waals surface area contributed by atoms with Crippen LogP contribution in [0, 0.1) is 100 Å². The first-order valence-electron chi connectivity index (χ1n) is 12.2. The summed E-state index contributed by atoms with van der Waals surface area (Å²) < 4.78 is 45.8. The Morgan fingerprint density at radius 3 is 1.42 bits per heavy atom. The van der Waals surface area contributed by atoms with Crippen LogP contribution in [0.25, 0.3) is 9.69 Å². The zero-order valence-corrected chi connectivity index (χ0v) is 33.0. The Labute approximate surface area is 277 Å². The molecule has 8 atom stereocenters. The van der Waals surface area contributed by atoms with E-state index in [-0.39, 0.29) is 97.8 Å². The number of hydrogen-bond acceptors (Lipinski definition) is 8. The molecule has 0 amide bonds. The second-order valence-corrected chi connectivity index (χ2v) is 12.3. The Morgan fingerprint density at radius 1 is 0.789 bits per heavy atom. The summed E-state index contributed by atoms with van der Waals surface area (Å²) in [5, 5.41) is 0. The average molecular weight is 1020 g/mol. The molecule has 0 aliphatic carbocycles. The van der Waals surface area contributed by atoms with Crippen LogP contribution in [0.5, 0.6) is 0 Å². The summed E-state index contributed by atoms with van der Waals surface area (Å²) in [5.41, 5.74) is -0.741. The molecule has 14 heteroatoms. The number of hydrogen-bond donors (Lipinski definition) is 0. The normalized spacial score (nSPS) is 34.1. The van der Waals surface area contributed by atoms with Gasteiger partial charge in [0.15, 0.2) is 16.8 Å². The molecular weight excluding hydrogens is 982 g/mol. The predicted octanol–water partition coefficient (Wildman–Crippen LogP) is 4.47. The zero-order chi connectivity index (χ0) is 26.3. The molecular formula is C24H38N2O8P2U2-2. The molecule has 4 rings (SSSR count). The van der Waals surface area contributed by atoms with E-state index in [1.54, 1.807) is 13.2 Å². The predicted molar refractivity (Wildman–Crippen MR) is 136 cm³/mol. The fraction of sp³-hybridized carbons (Fsp3) is 0.833. The van der Waals surface area contributed by atoms with Crippen LogP contribution in [0.1, 0.15) is 27.7 Å². The van der Waals surface area contributed by atoms with Gasteiger partial charge in [-0.3, -0.25) is 0 Å². The third kappa shape index (κ3) is 8.82. The van der Waals surface area contributed by atoms with E-state index in [9.17, 15) is 0 Å². The maximum Gasteiger partial charge on any atom is 0.238 e. The van der Waals surface area contributed by atoms with Gasteiger partial charge in [-0.25, -0.2) is 13.1 Å². The molecule has 4 bridgehead atoms. The number of nitrogens with zero attached hydrogens (tertiary/aromatic N) is 2. The van der Waals surface area contributed by atoms with Crippen LogP contribution < -0.4 is 0 Å². The fourth-order valence-electron chi connectivity index (χ4n) is 4.53. The quantitative estimate of drug-likeness (QED) is 0.161. The molecule has 2 unspecified atom stereocenters. The summed E-state index contributed by atoms with van der Waals surface area (Å²) in [6, 6.07) is 0. The zero-order valence-electron chi connectivity index (χ0n) is 22.9. The Hall–Kier alpha value is 1.62. The monoisotopic (exact) mass is 1020 g/mol. The molecule has 0 saturated carbocycles. The third-order valence-corrected chi connectivity index (χ3v) is 8.98. The van der Waals surface area contributed by atoms with Crippen molar-refractivity contribution in [3.8, 4) is 0 Å². The second kappa shape index (κ2) is 17.7. The molecule has 4 fully saturated rings. The summed E-state index contributed by atoms with van der Waals surface area (Å²) in [6.45, 7) is 31.8. The van der Waals surface area contributed by atoms with Gasteiger partial charge in [-0.1, -0.05) is 27.7 Å². The first-order chi connectivity index (χ1) is 17.2. The molecule has 0 radical (unpaired) electrons. The average Bonchev–Trinajstić information content (AvgIpc) is 3.59. The van der Waals surface area contributed by atoms with Gasteiger partial charge in [-0.2, -0.15) is 13.2 Å². The summed E-state index contributed by atoms with van der Waals surface area (Å²) in [5.74, 6) is 0.635. The van der Waals surface area contributed by atoms with Crippen molar-refractivity contribution in [2.24, 2.45) is 11.8 Å². The Morgan fingerprint density at radius 2 is 1.16 bits per heavy atom. The first kappa shape index (κ1) is 37.6. The number of fused-ring (bicyclic) bond motifs is 4. The molecule has 4 aliphatic heterocycles. The van der Waals surface area contributed by atoms with Gasteiger partial charge in [0.1, 0.15) is 13.2 Å². The van der Waals surface area contributed by atoms with Crippen LogP contribution in [0.15, 0.2) is 0 Å². The first-order valence-corrected chi connectivity index (χ1v) is 15.4. The van der Waals surface area contributed by atoms with Gasteiger partial charge in [0, 0.05) is 75.6 Å². The van der Waals surface area contributed by atoms with E-state index in [1.807, 2.05) is 13.3 Å². The van der Waals surface area contributed by atoms with Gasteiger partial charge < -0.3 is 46.7 Å². The molecule has 212 valence electrons. The van der Waals surface area contributed by atoms with E-state index in [0.29, 0.717) is 51.4 Å². The fourth-order valence-corrected chi connectivity index (χ4v) is 6.57. The van der Waals surface area contributed by atoms with Crippen molar-refractivity contribution in [1.82, 2.24) is 0 Å². The molecule has 10 nitrogen and oxygen atoms in total. The van der Waals surface area contributed by atoms with E-state index in [4.69, 9.17) is 50.2 Å². The summed E-state index contributed by atoms with van der Waals surface area (Å²) in [6.07, 6.45) is -0.383. The molecule has 0 spiro atoms. The number of ether oxygens (including phenoxy) is 4. The smallest absolute Gasteiger partial charge is 0.238 e. The van der Waals surface area contributed by atoms with Crippen molar-refractivity contribution < 1.29 is 99.3 Å². The van der Waals surface area contributed by atoms with E-state index < -0.39 is 16.8 Å². The maximum atomic E-state index is 6.70. The number of rotatable bonds is 12. The van der Waals surface area contributed by atoms with Crippen LogP contribution in [-0.2, 0) is 37.0 Å². The third-order valence-electron chi connectivity index (χ3n) is 6.84. The SMILES string of the molecule is [C-]#[N+]CCOP(C)O[C@H]1[C@@H]2[CH-]O[C@@]1(C(C)C)CO2.[C-]#[N+]CCOP(C)O[C@H]1[C@@H]2[CH-]O[C@@]1(C(C)C)CO2.[U].[U]. The topological polar surface area (TPSA) is 82.6 Å². The van der Waals surface area contributed by atoms with Crippen LogP contribution in [0.3, 0.4) is 0 Å². The molecule has 0 N–H and O–H groups in total. The van der Waals surface area contributed by atoms with Gasteiger partial charge in [0.2, 0.25) is 13.1 Å². The van der Waals surface area contributed by atoms with E-state index in [0.717, 1.165) is 0 Å². The van der Waals surface area contributed by atoms with Crippen molar-refractivity contribution in [3.05, 3.63) is 36.0 Å². The molecule has 0 aromatic heterocycles. The minimum atomic E-state index is -0.996. The minimum Gasteiger partial charge on any atom is -0.541 e. The molecule has 4 heterocycles. The molecule has 4 saturated heterocycles. The summed E-state index contributed by atoms with van der Waals surface area (Å²) in [4.78, 5) is 6.50. The van der Waals surface area contributed by atoms with Crippen molar-refractivity contribution in [1.29, 1.82) is 0 Å². The Bertz CT molecular complexity index is 720. The van der Waals surface area contributed by atoms with Crippen molar-refractivity contribution in [2.75, 3.05) is 52.8 Å². The van der Waals surface area contributed by atoms with E-state index in [2.05, 4.69) is 37.4 Å². The second-order valence-electron chi connectivity index (χ2n) is 9.64. The van der Waals surface area contributed by atoms with Crippen molar-refractivity contribution >= 4 is 16.8 Å². The largest absolute Gasteiger partial charge is 0.541 e. The van der Waals surface area contributed by atoms with Gasteiger partial charge in [-0.15, -0.1) is 0 Å². The van der Waals surface area contributed by atoms with Crippen molar-refractivity contribution in [3.63, 3.8) is 0 Å². The van der Waals surface area contributed by atoms with E-state index in [1.165, 1.54) is 0 Å². The summed E-state index contributed by atoms with van der Waals surface area (Å²) >= 11 is 0. The summed E-state index contributed by atoms with van der Waals surface area (Å²) in [7, 11) is -1.99. The van der Waals surface area contributed by atoms with Crippen molar-refractivity contribution in [2.45, 2.75) is 63.3 Å². The molecule has 4 aliphatic rings. The Kier molecular flexibility index (Phi) is 17.5.